The van der Waals surface area contributed by atoms with E-state index in [-0.39, 0.29) is 10.3 Å². The summed E-state index contributed by atoms with van der Waals surface area (Å²) in [5.74, 6) is -0.838. The highest BCUT2D eigenvalue weighted by molar-refractivity contribution is 7.92. The molecule has 1 aromatic rings. The van der Waals surface area contributed by atoms with Crippen molar-refractivity contribution in [2.75, 3.05) is 0 Å². The number of benzene rings is 1. The van der Waals surface area contributed by atoms with Crippen molar-refractivity contribution in [2.24, 2.45) is 5.73 Å². The highest BCUT2D eigenvalue weighted by Gasteiger charge is 2.28. The van der Waals surface area contributed by atoms with E-state index in [1.807, 2.05) is 20.8 Å². The third-order valence-electron chi connectivity index (χ3n) is 2.91. The molecule has 0 aliphatic heterocycles. The quantitative estimate of drug-likeness (QED) is 0.906. The molecule has 0 saturated carbocycles. The fourth-order valence-corrected chi connectivity index (χ4v) is 2.73. The zero-order valence-corrected chi connectivity index (χ0v) is 11.9. The van der Waals surface area contributed by atoms with Crippen LogP contribution in [0.15, 0.2) is 29.2 Å². The Hall–Kier alpha value is -1.36. The van der Waals surface area contributed by atoms with Gasteiger partial charge < -0.3 is 5.73 Å². The van der Waals surface area contributed by atoms with Crippen molar-refractivity contribution in [1.82, 2.24) is 0 Å². The Bertz CT molecular complexity index is 539. The van der Waals surface area contributed by atoms with Crippen LogP contribution in [-0.4, -0.2) is 19.6 Å². The molecule has 0 heterocycles. The first-order valence-electron chi connectivity index (χ1n) is 5.70. The lowest BCUT2D eigenvalue weighted by atomic mass is 9.87. The summed E-state index contributed by atoms with van der Waals surface area (Å²) in [7, 11) is -3.68. The van der Waals surface area contributed by atoms with Gasteiger partial charge in [-0.3, -0.25) is 4.79 Å². The molecule has 0 fully saturated rings. The van der Waals surface area contributed by atoms with E-state index >= 15 is 0 Å². The molecule has 0 aliphatic carbocycles. The lowest BCUT2D eigenvalue weighted by molar-refractivity contribution is -0.117. The van der Waals surface area contributed by atoms with Gasteiger partial charge in [-0.25, -0.2) is 8.42 Å². The van der Waals surface area contributed by atoms with Gasteiger partial charge in [-0.05, 0) is 30.0 Å². The first kappa shape index (κ1) is 14.7. The second-order valence-electron chi connectivity index (χ2n) is 5.36. The van der Waals surface area contributed by atoms with Crippen LogP contribution in [0.4, 0.5) is 0 Å². The van der Waals surface area contributed by atoms with Gasteiger partial charge in [0.15, 0.2) is 9.84 Å². The Balaban J connectivity index is 3.17. The van der Waals surface area contributed by atoms with Crippen LogP contribution in [0.5, 0.6) is 0 Å². The number of nitrogens with two attached hydrogens (primary N) is 1. The second-order valence-corrected chi connectivity index (χ2v) is 7.63. The molecular formula is C13H19NO3S. The van der Waals surface area contributed by atoms with Gasteiger partial charge in [0.2, 0.25) is 5.91 Å². The average molecular weight is 269 g/mol. The van der Waals surface area contributed by atoms with Crippen molar-refractivity contribution in [3.8, 4) is 0 Å². The standard InChI is InChI=1S/C13H19NO3S/c1-9(12(14)15)18(16,17)11-7-5-10(6-8-11)13(2,3)4/h5-9H,1-4H3,(H2,14,15)/t9-/m1/s1. The summed E-state index contributed by atoms with van der Waals surface area (Å²) >= 11 is 0. The monoisotopic (exact) mass is 269 g/mol. The van der Waals surface area contributed by atoms with Crippen molar-refractivity contribution in [2.45, 2.75) is 43.3 Å². The van der Waals surface area contributed by atoms with Crippen LogP contribution in [0, 0.1) is 0 Å². The minimum absolute atomic E-state index is 0.0441. The fraction of sp³-hybridized carbons (Fsp3) is 0.462. The smallest absolute Gasteiger partial charge is 0.235 e. The summed E-state index contributed by atoms with van der Waals surface area (Å²) in [6.45, 7) is 7.43. The number of sulfone groups is 1. The van der Waals surface area contributed by atoms with Gasteiger partial charge in [0.1, 0.15) is 5.25 Å². The zero-order valence-electron chi connectivity index (χ0n) is 11.1. The van der Waals surface area contributed by atoms with E-state index in [1.165, 1.54) is 19.1 Å². The first-order valence-corrected chi connectivity index (χ1v) is 7.25. The molecule has 1 atom stereocenters. The Morgan fingerprint density at radius 2 is 1.61 bits per heavy atom. The summed E-state index contributed by atoms with van der Waals surface area (Å²) in [6.07, 6.45) is 0. The van der Waals surface area contributed by atoms with Crippen LogP contribution in [0.25, 0.3) is 0 Å². The normalized spacial score (nSPS) is 14.2. The molecule has 0 radical (unpaired) electrons. The number of primary amides is 1. The number of carbonyl (C=O) groups excluding carboxylic acids is 1. The van der Waals surface area contributed by atoms with E-state index in [1.54, 1.807) is 12.1 Å². The van der Waals surface area contributed by atoms with Gasteiger partial charge >= 0.3 is 0 Å². The van der Waals surface area contributed by atoms with Gasteiger partial charge in [0, 0.05) is 0 Å². The van der Waals surface area contributed by atoms with Crippen molar-refractivity contribution >= 4 is 15.7 Å². The summed E-state index contributed by atoms with van der Waals surface area (Å²) in [5.41, 5.74) is 6.03. The Labute approximate surface area is 108 Å². The highest BCUT2D eigenvalue weighted by atomic mass is 32.2. The number of hydrogen-bond donors (Lipinski definition) is 1. The molecule has 0 bridgehead atoms. The molecule has 0 saturated heterocycles. The molecule has 0 aromatic heterocycles. The summed E-state index contributed by atoms with van der Waals surface area (Å²) < 4.78 is 24.1. The van der Waals surface area contributed by atoms with Gasteiger partial charge in [0.25, 0.3) is 0 Å². The van der Waals surface area contributed by atoms with E-state index in [4.69, 9.17) is 5.73 Å². The minimum atomic E-state index is -3.68. The molecule has 1 rings (SSSR count). The predicted octanol–water partition coefficient (Wildman–Crippen LogP) is 1.63. The second kappa shape index (κ2) is 4.72. The largest absolute Gasteiger partial charge is 0.369 e. The lowest BCUT2D eigenvalue weighted by Gasteiger charge is -2.19. The predicted molar refractivity (Wildman–Crippen MR) is 71.0 cm³/mol. The molecular weight excluding hydrogens is 250 g/mol. The van der Waals surface area contributed by atoms with Gasteiger partial charge in [0.05, 0.1) is 4.90 Å². The molecule has 1 aromatic carbocycles. The molecule has 5 heteroatoms. The highest BCUT2D eigenvalue weighted by Crippen LogP contribution is 2.24. The molecule has 2 N–H and O–H groups in total. The number of hydrogen-bond acceptors (Lipinski definition) is 3. The van der Waals surface area contributed by atoms with Crippen molar-refractivity contribution in [1.29, 1.82) is 0 Å². The SMILES string of the molecule is C[C@H](C(N)=O)S(=O)(=O)c1ccc(C(C)(C)C)cc1. The number of carbonyl (C=O) groups is 1. The Morgan fingerprint density at radius 1 is 1.17 bits per heavy atom. The Kier molecular flexibility index (Phi) is 3.86. The van der Waals surface area contributed by atoms with Crippen LogP contribution in [0.2, 0.25) is 0 Å². The molecule has 4 nitrogen and oxygen atoms in total. The van der Waals surface area contributed by atoms with Gasteiger partial charge in [-0.1, -0.05) is 32.9 Å². The van der Waals surface area contributed by atoms with Crippen molar-refractivity contribution in [3.63, 3.8) is 0 Å². The third kappa shape index (κ3) is 2.90. The molecule has 0 unspecified atom stereocenters. The van der Waals surface area contributed by atoms with Crippen LogP contribution >= 0.6 is 0 Å². The minimum Gasteiger partial charge on any atom is -0.369 e. The number of rotatable bonds is 3. The van der Waals surface area contributed by atoms with E-state index in [2.05, 4.69) is 0 Å². The van der Waals surface area contributed by atoms with Crippen LogP contribution < -0.4 is 5.73 Å². The summed E-state index contributed by atoms with van der Waals surface area (Å²) in [6, 6.07) is 6.58. The average Bonchev–Trinajstić information content (AvgIpc) is 2.26. The van der Waals surface area contributed by atoms with E-state index in [0.29, 0.717) is 0 Å². The van der Waals surface area contributed by atoms with Crippen molar-refractivity contribution in [3.05, 3.63) is 29.8 Å². The van der Waals surface area contributed by atoms with Gasteiger partial charge in [-0.2, -0.15) is 0 Å². The first-order chi connectivity index (χ1) is 8.06. The Morgan fingerprint density at radius 3 is 1.94 bits per heavy atom. The maximum Gasteiger partial charge on any atom is 0.235 e. The molecule has 0 spiro atoms. The van der Waals surface area contributed by atoms with Crippen LogP contribution in [0.3, 0.4) is 0 Å². The number of amides is 1. The molecule has 18 heavy (non-hydrogen) atoms. The fourth-order valence-electron chi connectivity index (χ4n) is 1.50. The van der Waals surface area contributed by atoms with E-state index < -0.39 is 21.0 Å². The van der Waals surface area contributed by atoms with Crippen LogP contribution in [-0.2, 0) is 20.0 Å². The van der Waals surface area contributed by atoms with Crippen LogP contribution in [0.1, 0.15) is 33.3 Å². The maximum atomic E-state index is 12.0. The van der Waals surface area contributed by atoms with Gasteiger partial charge in [-0.15, -0.1) is 0 Å². The summed E-state index contributed by atoms with van der Waals surface area (Å²) in [5, 5.41) is -1.21. The van der Waals surface area contributed by atoms with Crippen molar-refractivity contribution < 1.29 is 13.2 Å². The van der Waals surface area contributed by atoms with E-state index in [0.717, 1.165) is 5.56 Å². The topological polar surface area (TPSA) is 77.2 Å². The summed E-state index contributed by atoms with van der Waals surface area (Å²) in [4.78, 5) is 11.1. The maximum absolute atomic E-state index is 12.0. The third-order valence-corrected chi connectivity index (χ3v) is 5.01. The molecule has 1 amide bonds. The molecule has 0 aliphatic rings. The lowest BCUT2D eigenvalue weighted by Crippen LogP contribution is -2.33. The molecule has 100 valence electrons. The zero-order chi connectivity index (χ0) is 14.1. The van der Waals surface area contributed by atoms with E-state index in [9.17, 15) is 13.2 Å².